The Hall–Kier alpha value is -2.17. The zero-order valence-corrected chi connectivity index (χ0v) is 16.2. The summed E-state index contributed by atoms with van der Waals surface area (Å²) in [6.07, 6.45) is 7.61. The van der Waals surface area contributed by atoms with Gasteiger partial charge in [-0.05, 0) is 38.7 Å². The van der Waals surface area contributed by atoms with Gasteiger partial charge in [-0.15, -0.1) is 0 Å². The number of alkyl halides is 2. The number of hydrogen-bond donors (Lipinski definition) is 2. The first kappa shape index (κ1) is 19.2. The van der Waals surface area contributed by atoms with Gasteiger partial charge >= 0.3 is 0 Å². The molecule has 8 heteroatoms. The highest BCUT2D eigenvalue weighted by Crippen LogP contribution is 2.52. The summed E-state index contributed by atoms with van der Waals surface area (Å²) in [5, 5.41) is 17.9. The van der Waals surface area contributed by atoms with Gasteiger partial charge in [0.15, 0.2) is 0 Å². The predicted octanol–water partition coefficient (Wildman–Crippen LogP) is 4.02. The van der Waals surface area contributed by atoms with E-state index in [9.17, 15) is 13.9 Å². The summed E-state index contributed by atoms with van der Waals surface area (Å²) < 4.78 is 27.6. The second-order valence-electron chi connectivity index (χ2n) is 7.91. The Morgan fingerprint density at radius 3 is 2.68 bits per heavy atom. The fraction of sp³-hybridized carbons (Fsp3) is 0.500. The van der Waals surface area contributed by atoms with Crippen LogP contribution in [0.25, 0.3) is 0 Å². The molecule has 2 fully saturated rings. The van der Waals surface area contributed by atoms with E-state index >= 15 is 0 Å². The molecule has 0 amide bonds. The van der Waals surface area contributed by atoms with Crippen molar-refractivity contribution < 1.29 is 13.9 Å². The number of anilines is 1. The van der Waals surface area contributed by atoms with Crippen molar-refractivity contribution in [3.63, 3.8) is 0 Å². The van der Waals surface area contributed by atoms with E-state index in [1.165, 1.54) is 17.1 Å². The lowest BCUT2D eigenvalue weighted by Gasteiger charge is -2.34. The Kier molecular flexibility index (Phi) is 4.80. The molecule has 0 radical (unpaired) electrons. The first-order valence-corrected chi connectivity index (χ1v) is 9.68. The molecule has 2 saturated carbocycles. The lowest BCUT2D eigenvalue weighted by Crippen LogP contribution is -2.35. The number of aliphatic hydroxyl groups is 1. The van der Waals surface area contributed by atoms with Crippen LogP contribution in [0.15, 0.2) is 24.7 Å². The maximum Gasteiger partial charge on any atom is 0.272 e. The van der Waals surface area contributed by atoms with Crippen LogP contribution in [0.1, 0.15) is 56.2 Å². The molecule has 148 valence electrons. The number of nitrogens with zero attached hydrogens (tertiary/aromatic N) is 3. The van der Waals surface area contributed by atoms with Crippen LogP contribution >= 0.6 is 11.6 Å². The van der Waals surface area contributed by atoms with Crippen molar-refractivity contribution >= 4 is 17.3 Å². The van der Waals surface area contributed by atoms with E-state index in [2.05, 4.69) is 27.2 Å². The molecule has 0 saturated heterocycles. The Morgan fingerprint density at radius 1 is 1.29 bits per heavy atom. The molecule has 2 aromatic heterocycles. The molecule has 1 unspecified atom stereocenters. The van der Waals surface area contributed by atoms with Crippen LogP contribution in [0.3, 0.4) is 0 Å². The number of pyridine rings is 1. The van der Waals surface area contributed by atoms with Gasteiger partial charge in [-0.1, -0.05) is 23.4 Å². The lowest BCUT2D eigenvalue weighted by molar-refractivity contribution is 0.0196. The van der Waals surface area contributed by atoms with Gasteiger partial charge < -0.3 is 10.4 Å². The predicted molar refractivity (Wildman–Crippen MR) is 103 cm³/mol. The first-order valence-electron chi connectivity index (χ1n) is 9.30. The van der Waals surface area contributed by atoms with Crippen molar-refractivity contribution in [2.75, 3.05) is 5.32 Å². The zero-order chi connectivity index (χ0) is 19.9. The van der Waals surface area contributed by atoms with Gasteiger partial charge in [0.25, 0.3) is 5.92 Å². The largest absolute Gasteiger partial charge is 0.390 e. The zero-order valence-electron chi connectivity index (χ0n) is 15.4. The van der Waals surface area contributed by atoms with E-state index in [0.717, 1.165) is 31.4 Å². The minimum absolute atomic E-state index is 0.176. The monoisotopic (exact) mass is 406 g/mol. The molecule has 0 aliphatic heterocycles. The SMILES string of the molecule is CC1(O)CCC(Nc2cc(Cl)ncc2C#Cc2cnn(C3CC3(F)F)c2)CC1. The van der Waals surface area contributed by atoms with Crippen LogP contribution in [0.2, 0.25) is 5.15 Å². The Bertz CT molecular complexity index is 937. The molecule has 28 heavy (non-hydrogen) atoms. The van der Waals surface area contributed by atoms with Crippen molar-refractivity contribution in [2.45, 2.75) is 62.6 Å². The van der Waals surface area contributed by atoms with Crippen LogP contribution in [0.5, 0.6) is 0 Å². The molecule has 0 aromatic carbocycles. The molecule has 0 bridgehead atoms. The molecule has 5 nitrogen and oxygen atoms in total. The highest BCUT2D eigenvalue weighted by Gasteiger charge is 2.59. The second-order valence-corrected chi connectivity index (χ2v) is 8.30. The van der Waals surface area contributed by atoms with E-state index in [1.54, 1.807) is 12.3 Å². The topological polar surface area (TPSA) is 63.0 Å². The number of hydrogen-bond acceptors (Lipinski definition) is 4. The average Bonchev–Trinajstić information content (AvgIpc) is 3.04. The number of nitrogens with one attached hydrogen (secondary N) is 1. The van der Waals surface area contributed by atoms with Gasteiger partial charge in [-0.25, -0.2) is 13.8 Å². The first-order chi connectivity index (χ1) is 13.2. The molecular formula is C20H21ClF2N4O. The minimum Gasteiger partial charge on any atom is -0.390 e. The van der Waals surface area contributed by atoms with Crippen LogP contribution in [-0.4, -0.2) is 37.4 Å². The van der Waals surface area contributed by atoms with Gasteiger partial charge in [0.05, 0.1) is 28.6 Å². The van der Waals surface area contributed by atoms with Gasteiger partial charge in [0.1, 0.15) is 11.2 Å². The Balaban J connectivity index is 1.49. The highest BCUT2D eigenvalue weighted by atomic mass is 35.5. The summed E-state index contributed by atoms with van der Waals surface area (Å²) in [4.78, 5) is 4.09. The molecule has 0 spiro atoms. The Morgan fingerprint density at radius 2 is 2.00 bits per heavy atom. The summed E-state index contributed by atoms with van der Waals surface area (Å²) in [7, 11) is 0. The highest BCUT2D eigenvalue weighted by molar-refractivity contribution is 6.29. The quantitative estimate of drug-likeness (QED) is 0.597. The molecule has 2 aromatic rings. The van der Waals surface area contributed by atoms with E-state index in [4.69, 9.17) is 11.6 Å². The molecule has 2 aliphatic carbocycles. The normalized spacial score (nSPS) is 28.3. The summed E-state index contributed by atoms with van der Waals surface area (Å²) in [5.74, 6) is 3.32. The van der Waals surface area contributed by atoms with Crippen LogP contribution < -0.4 is 5.32 Å². The maximum absolute atomic E-state index is 13.2. The summed E-state index contributed by atoms with van der Waals surface area (Å²) in [5.41, 5.74) is 1.42. The lowest BCUT2D eigenvalue weighted by atomic mass is 9.83. The van der Waals surface area contributed by atoms with Crippen molar-refractivity contribution in [1.82, 2.24) is 14.8 Å². The molecular weight excluding hydrogens is 386 g/mol. The number of rotatable bonds is 3. The van der Waals surface area contributed by atoms with Gasteiger partial charge in [0.2, 0.25) is 0 Å². The summed E-state index contributed by atoms with van der Waals surface area (Å²) >= 11 is 6.05. The number of aromatic nitrogens is 3. The van der Waals surface area contributed by atoms with E-state index in [1.807, 2.05) is 6.92 Å². The minimum atomic E-state index is -2.67. The smallest absolute Gasteiger partial charge is 0.272 e. The van der Waals surface area contributed by atoms with E-state index in [0.29, 0.717) is 16.3 Å². The van der Waals surface area contributed by atoms with Gasteiger partial charge in [0, 0.05) is 24.9 Å². The van der Waals surface area contributed by atoms with Crippen molar-refractivity contribution in [1.29, 1.82) is 0 Å². The van der Waals surface area contributed by atoms with E-state index < -0.39 is 17.6 Å². The average molecular weight is 407 g/mol. The fourth-order valence-corrected chi connectivity index (χ4v) is 3.61. The molecule has 2 aliphatic rings. The fourth-order valence-electron chi connectivity index (χ4n) is 3.45. The third-order valence-corrected chi connectivity index (χ3v) is 5.55. The standard InChI is InChI=1S/C20H21ClF2N4O/c1-19(28)6-4-15(5-7-19)26-16-8-18(21)24-11-14(16)3-2-13-10-25-27(12-13)17-9-20(17,22)23/h8,10-12,15,17,28H,4-7,9H2,1H3,(H,24,26). The maximum atomic E-state index is 13.2. The van der Waals surface area contributed by atoms with E-state index in [-0.39, 0.29) is 12.5 Å². The third kappa shape index (κ3) is 4.29. The van der Waals surface area contributed by atoms with Crippen molar-refractivity contribution in [3.8, 4) is 11.8 Å². The van der Waals surface area contributed by atoms with Crippen LogP contribution in [0, 0.1) is 11.8 Å². The molecule has 2 heterocycles. The van der Waals surface area contributed by atoms with Crippen molar-refractivity contribution in [3.05, 3.63) is 40.9 Å². The molecule has 1 atom stereocenters. The van der Waals surface area contributed by atoms with Crippen LogP contribution in [-0.2, 0) is 0 Å². The van der Waals surface area contributed by atoms with Crippen molar-refractivity contribution in [2.24, 2.45) is 0 Å². The Labute approximate surface area is 167 Å². The van der Waals surface area contributed by atoms with Gasteiger partial charge in [-0.3, -0.25) is 4.68 Å². The molecule has 4 rings (SSSR count). The summed E-state index contributed by atoms with van der Waals surface area (Å²) in [6.45, 7) is 1.86. The third-order valence-electron chi connectivity index (χ3n) is 5.35. The van der Waals surface area contributed by atoms with Gasteiger partial charge in [-0.2, -0.15) is 5.10 Å². The number of halogens is 3. The molecule has 2 N–H and O–H groups in total. The summed E-state index contributed by atoms with van der Waals surface area (Å²) in [6, 6.07) is 1.09. The van der Waals surface area contributed by atoms with Crippen LogP contribution in [0.4, 0.5) is 14.5 Å². The second kappa shape index (κ2) is 7.02.